The van der Waals surface area contributed by atoms with Gasteiger partial charge in [0.15, 0.2) is 0 Å². The molecule has 1 amide bonds. The molecule has 0 aromatic carbocycles. The molecule has 0 unspecified atom stereocenters. The van der Waals surface area contributed by atoms with E-state index in [0.29, 0.717) is 39.0 Å². The molecule has 0 radical (unpaired) electrons. The molecule has 0 aromatic heterocycles. The van der Waals surface area contributed by atoms with Crippen molar-refractivity contribution in [2.45, 2.75) is 26.7 Å². The molecule has 0 N–H and O–H groups in total. The van der Waals surface area contributed by atoms with E-state index in [1.807, 2.05) is 13.8 Å². The van der Waals surface area contributed by atoms with Crippen LogP contribution in [0.2, 0.25) is 0 Å². The molecular weight excluding hydrogens is 300 g/mol. The highest BCUT2D eigenvalue weighted by atomic mass is 35.5. The van der Waals surface area contributed by atoms with Crippen LogP contribution in [0, 0.1) is 5.92 Å². The van der Waals surface area contributed by atoms with Crippen molar-refractivity contribution in [1.29, 1.82) is 0 Å². The minimum absolute atomic E-state index is 0.0689. The van der Waals surface area contributed by atoms with Crippen molar-refractivity contribution in [3.05, 3.63) is 11.6 Å². The van der Waals surface area contributed by atoms with Gasteiger partial charge in [-0.05, 0) is 26.7 Å². The number of carbonyl (C=O) groups excluding carboxylic acids is 1. The summed E-state index contributed by atoms with van der Waals surface area (Å²) in [5.74, 6) is -0.169. The van der Waals surface area contributed by atoms with E-state index in [-0.39, 0.29) is 22.6 Å². The highest BCUT2D eigenvalue weighted by Gasteiger charge is 2.32. The molecule has 116 valence electrons. The third-order valence-corrected chi connectivity index (χ3v) is 5.77. The fourth-order valence-corrected chi connectivity index (χ4v) is 4.22. The van der Waals surface area contributed by atoms with E-state index in [9.17, 15) is 13.2 Å². The molecule has 1 aliphatic heterocycles. The van der Waals surface area contributed by atoms with Gasteiger partial charge < -0.3 is 4.90 Å². The van der Waals surface area contributed by atoms with Gasteiger partial charge in [-0.25, -0.2) is 12.7 Å². The van der Waals surface area contributed by atoms with Crippen LogP contribution in [-0.4, -0.2) is 55.5 Å². The van der Waals surface area contributed by atoms with Crippen LogP contribution in [0.5, 0.6) is 0 Å². The molecule has 1 saturated heterocycles. The summed E-state index contributed by atoms with van der Waals surface area (Å²) in [5.41, 5.74) is 0. The molecule has 1 rings (SSSR count). The van der Waals surface area contributed by atoms with Crippen LogP contribution in [-0.2, 0) is 14.8 Å². The summed E-state index contributed by atoms with van der Waals surface area (Å²) in [5, 5.41) is 0.117. The second kappa shape index (κ2) is 7.43. The van der Waals surface area contributed by atoms with Crippen LogP contribution in [0.25, 0.3) is 0 Å². The Bertz CT molecular complexity index is 452. The molecular formula is C13H23ClN2O3S. The number of carbonyl (C=O) groups is 1. The number of hydrogen-bond donors (Lipinski definition) is 0. The number of halogens is 1. The summed E-state index contributed by atoms with van der Waals surface area (Å²) in [7, 11) is -3.39. The first-order valence-electron chi connectivity index (χ1n) is 6.91. The van der Waals surface area contributed by atoms with Gasteiger partial charge in [0.2, 0.25) is 15.9 Å². The van der Waals surface area contributed by atoms with Gasteiger partial charge in [0, 0.05) is 37.1 Å². The Labute approximate surface area is 126 Å². The van der Waals surface area contributed by atoms with E-state index in [0.717, 1.165) is 0 Å². The Hall–Kier alpha value is -0.590. The molecule has 0 spiro atoms. The van der Waals surface area contributed by atoms with E-state index in [1.54, 1.807) is 4.90 Å². The van der Waals surface area contributed by atoms with Gasteiger partial charge >= 0.3 is 0 Å². The number of amides is 1. The van der Waals surface area contributed by atoms with E-state index in [2.05, 4.69) is 6.58 Å². The third kappa shape index (κ3) is 4.46. The summed E-state index contributed by atoms with van der Waals surface area (Å²) >= 11 is 5.58. The normalized spacial score (nSPS) is 17.9. The smallest absolute Gasteiger partial charge is 0.225 e. The molecule has 0 aromatic rings. The van der Waals surface area contributed by atoms with Crippen molar-refractivity contribution in [2.24, 2.45) is 5.92 Å². The Morgan fingerprint density at radius 1 is 1.30 bits per heavy atom. The molecule has 0 aliphatic carbocycles. The van der Waals surface area contributed by atoms with Gasteiger partial charge in [0.25, 0.3) is 0 Å². The van der Waals surface area contributed by atoms with E-state index in [1.165, 1.54) is 4.31 Å². The Morgan fingerprint density at radius 2 is 1.80 bits per heavy atom. The molecule has 1 aliphatic rings. The van der Waals surface area contributed by atoms with E-state index < -0.39 is 10.0 Å². The summed E-state index contributed by atoms with van der Waals surface area (Å²) in [6.07, 6.45) is 1.15. The molecule has 0 saturated carbocycles. The van der Waals surface area contributed by atoms with Crippen LogP contribution in [0.1, 0.15) is 26.7 Å². The lowest BCUT2D eigenvalue weighted by Gasteiger charge is -2.33. The number of nitrogens with zero attached hydrogens (tertiary/aromatic N) is 2. The Balaban J connectivity index is 2.60. The maximum Gasteiger partial charge on any atom is 0.225 e. The number of hydrogen-bond acceptors (Lipinski definition) is 3. The molecule has 1 heterocycles. The number of piperidine rings is 1. The molecule has 0 atom stereocenters. The topological polar surface area (TPSA) is 57.7 Å². The second-order valence-corrected chi connectivity index (χ2v) is 7.46. The van der Waals surface area contributed by atoms with Crippen molar-refractivity contribution < 1.29 is 13.2 Å². The lowest BCUT2D eigenvalue weighted by atomic mass is 9.96. The van der Waals surface area contributed by atoms with Crippen molar-refractivity contribution in [2.75, 3.05) is 31.9 Å². The van der Waals surface area contributed by atoms with Gasteiger partial charge in [0.1, 0.15) is 0 Å². The highest BCUT2D eigenvalue weighted by molar-refractivity contribution is 7.89. The van der Waals surface area contributed by atoms with Crippen LogP contribution in [0.4, 0.5) is 0 Å². The van der Waals surface area contributed by atoms with Crippen molar-refractivity contribution in [3.63, 3.8) is 0 Å². The van der Waals surface area contributed by atoms with Gasteiger partial charge in [-0.3, -0.25) is 4.79 Å². The standard InChI is InChI=1S/C13H23ClN2O3S/c1-4-15(5-2)13(17)12-6-8-16(9-7-12)20(18,19)10-11(3)14/h12H,3-10H2,1-2H3. The van der Waals surface area contributed by atoms with Crippen molar-refractivity contribution in [3.8, 4) is 0 Å². The van der Waals surface area contributed by atoms with Crippen LogP contribution in [0.3, 0.4) is 0 Å². The fourth-order valence-electron chi connectivity index (χ4n) is 2.46. The first kappa shape index (κ1) is 17.5. The highest BCUT2D eigenvalue weighted by Crippen LogP contribution is 2.22. The number of rotatable bonds is 6. The predicted octanol–water partition coefficient (Wildman–Crippen LogP) is 1.65. The molecule has 0 bridgehead atoms. The zero-order valence-corrected chi connectivity index (χ0v) is 13.7. The SMILES string of the molecule is C=C(Cl)CS(=O)(=O)N1CCC(C(=O)N(CC)CC)CC1. The van der Waals surface area contributed by atoms with E-state index >= 15 is 0 Å². The average molecular weight is 323 g/mol. The monoisotopic (exact) mass is 322 g/mol. The van der Waals surface area contributed by atoms with Crippen LogP contribution < -0.4 is 0 Å². The van der Waals surface area contributed by atoms with Crippen molar-refractivity contribution >= 4 is 27.5 Å². The fraction of sp³-hybridized carbons (Fsp3) is 0.769. The van der Waals surface area contributed by atoms with Crippen molar-refractivity contribution in [1.82, 2.24) is 9.21 Å². The van der Waals surface area contributed by atoms with Gasteiger partial charge in [-0.1, -0.05) is 18.2 Å². The average Bonchev–Trinajstić information content (AvgIpc) is 2.38. The predicted molar refractivity (Wildman–Crippen MR) is 81.0 cm³/mol. The maximum atomic E-state index is 12.2. The van der Waals surface area contributed by atoms with Gasteiger partial charge in [-0.2, -0.15) is 0 Å². The second-order valence-electron chi connectivity index (χ2n) is 4.96. The quantitative estimate of drug-likeness (QED) is 0.747. The van der Waals surface area contributed by atoms with Gasteiger partial charge in [-0.15, -0.1) is 0 Å². The first-order valence-corrected chi connectivity index (χ1v) is 8.90. The minimum atomic E-state index is -3.39. The third-order valence-electron chi connectivity index (χ3n) is 3.61. The Kier molecular flexibility index (Phi) is 6.48. The molecule has 5 nitrogen and oxygen atoms in total. The molecule has 20 heavy (non-hydrogen) atoms. The van der Waals surface area contributed by atoms with Crippen LogP contribution in [0.15, 0.2) is 11.6 Å². The molecule has 1 fully saturated rings. The summed E-state index contributed by atoms with van der Waals surface area (Å²) in [6, 6.07) is 0. The van der Waals surface area contributed by atoms with Crippen LogP contribution >= 0.6 is 11.6 Å². The number of sulfonamides is 1. The molecule has 7 heteroatoms. The minimum Gasteiger partial charge on any atom is -0.343 e. The lowest BCUT2D eigenvalue weighted by molar-refractivity contribution is -0.136. The van der Waals surface area contributed by atoms with E-state index in [4.69, 9.17) is 11.6 Å². The zero-order valence-electron chi connectivity index (χ0n) is 12.1. The maximum absolute atomic E-state index is 12.2. The Morgan fingerprint density at radius 3 is 2.20 bits per heavy atom. The summed E-state index contributed by atoms with van der Waals surface area (Å²) in [6.45, 7) is 9.47. The first-order chi connectivity index (χ1) is 9.31. The largest absolute Gasteiger partial charge is 0.343 e. The van der Waals surface area contributed by atoms with Gasteiger partial charge in [0.05, 0.1) is 5.75 Å². The zero-order chi connectivity index (χ0) is 15.3. The summed E-state index contributed by atoms with van der Waals surface area (Å²) < 4.78 is 25.4. The lowest BCUT2D eigenvalue weighted by Crippen LogP contribution is -2.44. The summed E-state index contributed by atoms with van der Waals surface area (Å²) in [4.78, 5) is 14.0.